The van der Waals surface area contributed by atoms with Crippen LogP contribution in [0.5, 0.6) is 0 Å². The van der Waals surface area contributed by atoms with Crippen molar-refractivity contribution in [2.45, 2.75) is 39.2 Å². The molecule has 0 unspecified atom stereocenters. The molecule has 1 aliphatic rings. The van der Waals surface area contributed by atoms with Gasteiger partial charge in [0, 0.05) is 18.7 Å². The van der Waals surface area contributed by atoms with Crippen molar-refractivity contribution in [2.24, 2.45) is 0 Å². The molecule has 1 aromatic carbocycles. The molecule has 1 amide bonds. The maximum Gasteiger partial charge on any atom is 0.266 e. The van der Waals surface area contributed by atoms with Crippen LogP contribution in [0.4, 0.5) is 0 Å². The molecule has 0 aliphatic carbocycles. The normalized spacial score (nSPS) is 16.7. The summed E-state index contributed by atoms with van der Waals surface area (Å²) < 4.78 is 0. The van der Waals surface area contributed by atoms with Crippen molar-refractivity contribution in [1.82, 2.24) is 14.9 Å². The predicted octanol–water partition coefficient (Wildman–Crippen LogP) is 4.72. The number of aromatic nitrogens is 2. The van der Waals surface area contributed by atoms with Crippen molar-refractivity contribution in [3.63, 3.8) is 0 Å². The Morgan fingerprint density at radius 1 is 1.19 bits per heavy atom. The molecular weight excluding hydrogens is 354 g/mol. The molecule has 2 aromatic heterocycles. The van der Waals surface area contributed by atoms with Crippen molar-refractivity contribution >= 4 is 17.2 Å². The van der Waals surface area contributed by atoms with E-state index in [1.807, 2.05) is 11.8 Å². The average molecular weight is 378 g/mol. The topological polar surface area (TPSA) is 46.1 Å². The number of likely N-dealkylation sites (tertiary alicyclic amines) is 1. The molecule has 138 valence electrons. The Kier molecular flexibility index (Phi) is 5.03. The fraction of sp³-hybridized carbons (Fsp3) is 0.318. The van der Waals surface area contributed by atoms with Gasteiger partial charge in [-0.05, 0) is 44.4 Å². The molecule has 4 nitrogen and oxygen atoms in total. The Hall–Kier alpha value is -2.53. The summed E-state index contributed by atoms with van der Waals surface area (Å²) in [5, 5.41) is 0. The van der Waals surface area contributed by atoms with Gasteiger partial charge < -0.3 is 4.90 Å². The van der Waals surface area contributed by atoms with E-state index in [0.717, 1.165) is 47.8 Å². The molecule has 5 heteroatoms. The van der Waals surface area contributed by atoms with E-state index in [2.05, 4.69) is 54.4 Å². The van der Waals surface area contributed by atoms with Gasteiger partial charge in [-0.2, -0.15) is 0 Å². The predicted molar refractivity (Wildman–Crippen MR) is 108 cm³/mol. The number of amides is 1. The molecule has 1 fully saturated rings. The number of benzene rings is 1. The molecule has 0 radical (unpaired) electrons. The Bertz CT molecular complexity index is 948. The lowest BCUT2D eigenvalue weighted by Gasteiger charge is -2.24. The molecule has 0 N–H and O–H groups in total. The summed E-state index contributed by atoms with van der Waals surface area (Å²) in [5.41, 5.74) is 7.12. The Morgan fingerprint density at radius 2 is 2.00 bits per heavy atom. The molecule has 0 spiro atoms. The molecule has 0 bridgehead atoms. The number of carbonyl (C=O) groups excluding carboxylic acids is 1. The van der Waals surface area contributed by atoms with Crippen molar-refractivity contribution in [3.8, 4) is 0 Å². The molecule has 1 atom stereocenters. The highest BCUT2D eigenvalue weighted by Crippen LogP contribution is 2.33. The van der Waals surface area contributed by atoms with Gasteiger partial charge in [-0.15, -0.1) is 11.3 Å². The number of aryl methyl sites for hydroxylation is 2. The first kappa shape index (κ1) is 17.9. The van der Waals surface area contributed by atoms with E-state index >= 15 is 0 Å². The smallest absolute Gasteiger partial charge is 0.266 e. The molecule has 3 aromatic rings. The first-order valence-corrected chi connectivity index (χ1v) is 10.2. The highest BCUT2D eigenvalue weighted by atomic mass is 32.1. The van der Waals surface area contributed by atoms with Crippen molar-refractivity contribution < 1.29 is 4.79 Å². The van der Waals surface area contributed by atoms with Gasteiger partial charge in [0.1, 0.15) is 4.88 Å². The minimum absolute atomic E-state index is 0.0527. The van der Waals surface area contributed by atoms with Crippen molar-refractivity contribution in [3.05, 3.63) is 81.1 Å². The molecular formula is C22H23N3OS. The lowest BCUT2D eigenvalue weighted by Crippen LogP contribution is -2.31. The number of thiazole rings is 1. The number of nitrogens with zero attached hydrogens (tertiary/aromatic N) is 3. The van der Waals surface area contributed by atoms with E-state index < -0.39 is 0 Å². The van der Waals surface area contributed by atoms with Crippen LogP contribution in [0.1, 0.15) is 56.8 Å². The van der Waals surface area contributed by atoms with Crippen molar-refractivity contribution in [1.29, 1.82) is 0 Å². The number of hydrogen-bond acceptors (Lipinski definition) is 4. The molecule has 0 saturated carbocycles. The second kappa shape index (κ2) is 7.61. The van der Waals surface area contributed by atoms with Gasteiger partial charge in [0.05, 0.1) is 22.9 Å². The largest absolute Gasteiger partial charge is 0.329 e. The van der Waals surface area contributed by atoms with Crippen LogP contribution in [0, 0.1) is 13.8 Å². The Balaban J connectivity index is 1.56. The van der Waals surface area contributed by atoms with Gasteiger partial charge in [-0.3, -0.25) is 9.78 Å². The van der Waals surface area contributed by atoms with Crippen LogP contribution in [0.2, 0.25) is 0 Å². The lowest BCUT2D eigenvalue weighted by atomic mass is 10.1. The van der Waals surface area contributed by atoms with Gasteiger partial charge >= 0.3 is 0 Å². The summed E-state index contributed by atoms with van der Waals surface area (Å²) in [6.07, 6.45) is 2.78. The van der Waals surface area contributed by atoms with Crippen LogP contribution in [0.15, 0.2) is 48.0 Å². The fourth-order valence-corrected chi connectivity index (χ4v) is 4.41. The molecule has 27 heavy (non-hydrogen) atoms. The van der Waals surface area contributed by atoms with Gasteiger partial charge in [-0.1, -0.05) is 35.9 Å². The zero-order chi connectivity index (χ0) is 18.8. The van der Waals surface area contributed by atoms with Gasteiger partial charge in [-0.25, -0.2) is 4.98 Å². The number of rotatable bonds is 4. The standard InChI is InChI=1S/C22H23N3OS/c1-15-8-10-17(11-9-15)13-18-5-3-6-19(24-18)20-7-4-12-25(20)22(26)21-16(2)23-14-27-21/h3,5-6,8-11,14,20H,4,7,12-13H2,1-2H3/t20-/m1/s1. The third-order valence-corrected chi connectivity index (χ3v) is 6.05. The van der Waals surface area contributed by atoms with Crippen LogP contribution >= 0.6 is 11.3 Å². The van der Waals surface area contributed by atoms with Crippen LogP contribution in [-0.2, 0) is 6.42 Å². The van der Waals surface area contributed by atoms with E-state index in [4.69, 9.17) is 4.98 Å². The van der Waals surface area contributed by atoms with Gasteiger partial charge in [0.25, 0.3) is 5.91 Å². The van der Waals surface area contributed by atoms with E-state index in [0.29, 0.717) is 0 Å². The fourth-order valence-electron chi connectivity index (χ4n) is 3.65. The zero-order valence-corrected chi connectivity index (χ0v) is 16.5. The third-order valence-electron chi connectivity index (χ3n) is 5.13. The summed E-state index contributed by atoms with van der Waals surface area (Å²) in [6, 6.07) is 14.8. The molecule has 4 rings (SSSR count). The van der Waals surface area contributed by atoms with Crippen LogP contribution in [-0.4, -0.2) is 27.3 Å². The monoisotopic (exact) mass is 377 g/mol. The first-order chi connectivity index (χ1) is 13.1. The van der Waals surface area contributed by atoms with Crippen LogP contribution in [0.25, 0.3) is 0 Å². The number of pyridine rings is 1. The van der Waals surface area contributed by atoms with E-state index in [-0.39, 0.29) is 11.9 Å². The minimum Gasteiger partial charge on any atom is -0.329 e. The highest BCUT2D eigenvalue weighted by Gasteiger charge is 2.32. The minimum atomic E-state index is 0.0527. The summed E-state index contributed by atoms with van der Waals surface area (Å²) in [7, 11) is 0. The SMILES string of the molecule is Cc1ccc(Cc2cccc([C@H]3CCCN3C(=O)c3scnc3C)n2)cc1. The second-order valence-electron chi connectivity index (χ2n) is 7.14. The molecule has 1 aliphatic heterocycles. The molecule has 1 saturated heterocycles. The van der Waals surface area contributed by atoms with Gasteiger partial charge in [0.2, 0.25) is 0 Å². The number of carbonyl (C=O) groups is 1. The summed E-state index contributed by atoms with van der Waals surface area (Å²) in [4.78, 5) is 24.8. The second-order valence-corrected chi connectivity index (χ2v) is 7.99. The lowest BCUT2D eigenvalue weighted by molar-refractivity contribution is 0.0736. The maximum atomic E-state index is 13.0. The van der Waals surface area contributed by atoms with Crippen molar-refractivity contribution in [2.75, 3.05) is 6.54 Å². The summed E-state index contributed by atoms with van der Waals surface area (Å²) >= 11 is 1.43. The van der Waals surface area contributed by atoms with Crippen LogP contribution in [0.3, 0.4) is 0 Å². The maximum absolute atomic E-state index is 13.0. The Morgan fingerprint density at radius 3 is 2.74 bits per heavy atom. The number of hydrogen-bond donors (Lipinski definition) is 0. The quantitative estimate of drug-likeness (QED) is 0.661. The third kappa shape index (κ3) is 3.78. The van der Waals surface area contributed by atoms with E-state index in [9.17, 15) is 4.79 Å². The molecule has 3 heterocycles. The van der Waals surface area contributed by atoms with Crippen LogP contribution < -0.4 is 0 Å². The summed E-state index contributed by atoms with van der Waals surface area (Å²) in [5.74, 6) is 0.0863. The van der Waals surface area contributed by atoms with Gasteiger partial charge in [0.15, 0.2) is 0 Å². The first-order valence-electron chi connectivity index (χ1n) is 9.34. The average Bonchev–Trinajstić information content (AvgIpc) is 3.32. The van der Waals surface area contributed by atoms with E-state index in [1.165, 1.54) is 22.5 Å². The summed E-state index contributed by atoms with van der Waals surface area (Å²) in [6.45, 7) is 4.78. The van der Waals surface area contributed by atoms with E-state index in [1.54, 1.807) is 5.51 Å². The highest BCUT2D eigenvalue weighted by molar-refractivity contribution is 7.11. The zero-order valence-electron chi connectivity index (χ0n) is 15.7. The Labute approximate surface area is 163 Å².